The quantitative estimate of drug-likeness (QED) is 0.860. The summed E-state index contributed by atoms with van der Waals surface area (Å²) in [5.74, 6) is 0.977. The van der Waals surface area contributed by atoms with Crippen molar-refractivity contribution in [1.29, 1.82) is 0 Å². The van der Waals surface area contributed by atoms with E-state index < -0.39 is 0 Å². The topological polar surface area (TPSA) is 50.1 Å². The van der Waals surface area contributed by atoms with Crippen molar-refractivity contribution in [3.05, 3.63) is 46.9 Å². The van der Waals surface area contributed by atoms with E-state index >= 15 is 0 Å². The zero-order valence-electron chi connectivity index (χ0n) is 12.7. The summed E-state index contributed by atoms with van der Waals surface area (Å²) in [4.78, 5) is 0. The molecular formula is C16H22FN3O. The Bertz CT molecular complexity index is 592. The number of halogens is 1. The second kappa shape index (κ2) is 6.72. The fourth-order valence-electron chi connectivity index (χ4n) is 2.31. The molecule has 0 aliphatic carbocycles. The monoisotopic (exact) mass is 291 g/mol. The Morgan fingerprint density at radius 3 is 2.57 bits per heavy atom. The van der Waals surface area contributed by atoms with E-state index in [1.807, 2.05) is 26.0 Å². The maximum atomic E-state index is 12.9. The van der Waals surface area contributed by atoms with Gasteiger partial charge in [0.05, 0.1) is 18.8 Å². The third-order valence-corrected chi connectivity index (χ3v) is 3.75. The van der Waals surface area contributed by atoms with E-state index in [9.17, 15) is 4.39 Å². The van der Waals surface area contributed by atoms with Gasteiger partial charge in [0.1, 0.15) is 11.6 Å². The summed E-state index contributed by atoms with van der Waals surface area (Å²) in [7, 11) is 0. The van der Waals surface area contributed by atoms with Gasteiger partial charge in [0, 0.05) is 12.1 Å². The summed E-state index contributed by atoms with van der Waals surface area (Å²) < 4.78 is 14.7. The molecule has 0 bridgehead atoms. The molecule has 1 aromatic heterocycles. The molecule has 1 atom stereocenters. The van der Waals surface area contributed by atoms with Crippen LogP contribution in [0.2, 0.25) is 0 Å². The van der Waals surface area contributed by atoms with Crippen molar-refractivity contribution in [3.63, 3.8) is 0 Å². The van der Waals surface area contributed by atoms with Gasteiger partial charge in [0.15, 0.2) is 0 Å². The highest BCUT2D eigenvalue weighted by molar-refractivity contribution is 5.47. The molecule has 114 valence electrons. The van der Waals surface area contributed by atoms with E-state index in [2.05, 4.69) is 17.3 Å². The zero-order chi connectivity index (χ0) is 15.4. The first-order valence-electron chi connectivity index (χ1n) is 7.17. The Kier molecular flexibility index (Phi) is 4.96. The van der Waals surface area contributed by atoms with Gasteiger partial charge in [-0.15, -0.1) is 0 Å². The minimum atomic E-state index is -0.216. The number of nitrogens with one attached hydrogen (secondary N) is 1. The number of hydrogen-bond acceptors (Lipinski definition) is 3. The van der Waals surface area contributed by atoms with E-state index in [1.54, 1.807) is 4.68 Å². The predicted molar refractivity (Wildman–Crippen MR) is 82.1 cm³/mol. The summed E-state index contributed by atoms with van der Waals surface area (Å²) in [5, 5.41) is 16.9. The first-order valence-corrected chi connectivity index (χ1v) is 7.17. The number of anilines is 1. The lowest BCUT2D eigenvalue weighted by atomic mass is 10.0. The van der Waals surface area contributed by atoms with Crippen LogP contribution in [0.3, 0.4) is 0 Å². The van der Waals surface area contributed by atoms with Crippen LogP contribution >= 0.6 is 0 Å². The van der Waals surface area contributed by atoms with Crippen molar-refractivity contribution < 1.29 is 9.50 Å². The molecule has 2 N–H and O–H groups in total. The van der Waals surface area contributed by atoms with Crippen LogP contribution in [0.1, 0.15) is 29.7 Å². The second-order valence-corrected chi connectivity index (χ2v) is 5.34. The largest absolute Gasteiger partial charge is 0.394 e. The summed E-state index contributed by atoms with van der Waals surface area (Å²) in [6.07, 6.45) is 0. The average molecular weight is 291 g/mol. The molecule has 0 aliphatic rings. The fraction of sp³-hybridized carbons (Fsp3) is 0.438. The van der Waals surface area contributed by atoms with Gasteiger partial charge in [0.25, 0.3) is 0 Å². The number of benzene rings is 1. The van der Waals surface area contributed by atoms with E-state index in [0.29, 0.717) is 6.54 Å². The van der Waals surface area contributed by atoms with Crippen LogP contribution in [0, 0.1) is 19.7 Å². The summed E-state index contributed by atoms with van der Waals surface area (Å²) in [5.41, 5.74) is 3.14. The minimum absolute atomic E-state index is 0.0583. The van der Waals surface area contributed by atoms with Gasteiger partial charge < -0.3 is 10.4 Å². The van der Waals surface area contributed by atoms with Gasteiger partial charge in [-0.1, -0.05) is 19.1 Å². The molecule has 1 aromatic carbocycles. The lowest BCUT2D eigenvalue weighted by Gasteiger charge is -2.15. The summed E-state index contributed by atoms with van der Waals surface area (Å²) >= 11 is 0. The second-order valence-electron chi connectivity index (χ2n) is 5.34. The fourth-order valence-corrected chi connectivity index (χ4v) is 2.31. The molecule has 0 amide bonds. The third-order valence-electron chi connectivity index (χ3n) is 3.75. The van der Waals surface area contributed by atoms with E-state index in [0.717, 1.165) is 29.2 Å². The lowest BCUT2D eigenvalue weighted by Crippen LogP contribution is -2.15. The molecule has 4 nitrogen and oxygen atoms in total. The number of rotatable bonds is 6. The maximum absolute atomic E-state index is 12.9. The smallest absolute Gasteiger partial charge is 0.127 e. The van der Waals surface area contributed by atoms with Crippen molar-refractivity contribution in [2.45, 2.75) is 33.2 Å². The van der Waals surface area contributed by atoms with Gasteiger partial charge in [-0.25, -0.2) is 9.07 Å². The number of aryl methyl sites for hydroxylation is 1. The highest BCUT2D eigenvalue weighted by Crippen LogP contribution is 2.21. The highest BCUT2D eigenvalue weighted by Gasteiger charge is 2.13. The Balaban J connectivity index is 2.07. The number of aliphatic hydroxyl groups is 1. The van der Waals surface area contributed by atoms with Gasteiger partial charge >= 0.3 is 0 Å². The molecule has 0 spiro atoms. The summed E-state index contributed by atoms with van der Waals surface area (Å²) in [6.45, 7) is 7.32. The van der Waals surface area contributed by atoms with Crippen molar-refractivity contribution in [1.82, 2.24) is 9.78 Å². The molecule has 5 heteroatoms. The van der Waals surface area contributed by atoms with Crippen molar-refractivity contribution >= 4 is 5.82 Å². The summed E-state index contributed by atoms with van der Waals surface area (Å²) in [6, 6.07) is 6.59. The van der Waals surface area contributed by atoms with Crippen LogP contribution in [-0.4, -0.2) is 28.0 Å². The Morgan fingerprint density at radius 1 is 1.29 bits per heavy atom. The molecule has 2 aromatic rings. The number of aromatic nitrogens is 2. The van der Waals surface area contributed by atoms with E-state index in [4.69, 9.17) is 5.11 Å². The van der Waals surface area contributed by atoms with Crippen LogP contribution in [0.15, 0.2) is 24.3 Å². The maximum Gasteiger partial charge on any atom is 0.127 e. The average Bonchev–Trinajstić information content (AvgIpc) is 2.73. The standard InChI is InChI=1S/C16H22FN3O/c1-11(14-4-6-15(17)7-5-14)10-18-16-12(2)13(3)19-20(16)8-9-21/h4-7,11,18,21H,8-10H2,1-3H3/t11-/m1/s1. The lowest BCUT2D eigenvalue weighted by molar-refractivity contribution is 0.270. The third kappa shape index (κ3) is 3.61. The Hall–Kier alpha value is -1.88. The van der Waals surface area contributed by atoms with Crippen LogP contribution in [0.25, 0.3) is 0 Å². The first-order chi connectivity index (χ1) is 10.0. The van der Waals surface area contributed by atoms with Crippen molar-refractivity contribution in [2.75, 3.05) is 18.5 Å². The van der Waals surface area contributed by atoms with Gasteiger partial charge in [-0.2, -0.15) is 5.10 Å². The van der Waals surface area contributed by atoms with E-state index in [-0.39, 0.29) is 18.3 Å². The molecule has 0 saturated carbocycles. The van der Waals surface area contributed by atoms with Crippen LogP contribution in [0.4, 0.5) is 10.2 Å². The SMILES string of the molecule is Cc1nn(CCO)c(NC[C@@H](C)c2ccc(F)cc2)c1C. The van der Waals surface area contributed by atoms with E-state index in [1.165, 1.54) is 12.1 Å². The molecule has 0 aliphatic heterocycles. The normalized spacial score (nSPS) is 12.4. The molecule has 21 heavy (non-hydrogen) atoms. The first kappa shape index (κ1) is 15.5. The number of hydrogen-bond donors (Lipinski definition) is 2. The van der Waals surface area contributed by atoms with Crippen molar-refractivity contribution in [2.24, 2.45) is 0 Å². The Labute approximate surface area is 124 Å². The molecule has 2 rings (SSSR count). The number of nitrogens with zero attached hydrogens (tertiary/aromatic N) is 2. The minimum Gasteiger partial charge on any atom is -0.394 e. The van der Waals surface area contributed by atoms with Crippen LogP contribution in [-0.2, 0) is 6.54 Å². The Morgan fingerprint density at radius 2 is 1.95 bits per heavy atom. The van der Waals surface area contributed by atoms with Gasteiger partial charge in [0.2, 0.25) is 0 Å². The highest BCUT2D eigenvalue weighted by atomic mass is 19.1. The molecule has 0 saturated heterocycles. The molecular weight excluding hydrogens is 269 g/mol. The van der Waals surface area contributed by atoms with Crippen LogP contribution < -0.4 is 5.32 Å². The van der Waals surface area contributed by atoms with Gasteiger partial charge in [-0.05, 0) is 37.5 Å². The molecule has 0 unspecified atom stereocenters. The zero-order valence-corrected chi connectivity index (χ0v) is 12.7. The molecule has 0 fully saturated rings. The number of aliphatic hydroxyl groups excluding tert-OH is 1. The molecule has 1 heterocycles. The molecule has 0 radical (unpaired) electrons. The predicted octanol–water partition coefficient (Wildman–Crippen LogP) is 2.85. The van der Waals surface area contributed by atoms with Gasteiger partial charge in [-0.3, -0.25) is 0 Å². The van der Waals surface area contributed by atoms with Crippen molar-refractivity contribution in [3.8, 4) is 0 Å². The van der Waals surface area contributed by atoms with Crippen LogP contribution in [0.5, 0.6) is 0 Å².